The van der Waals surface area contributed by atoms with Crippen LogP contribution in [0.3, 0.4) is 0 Å². The van der Waals surface area contributed by atoms with Crippen molar-refractivity contribution < 1.29 is 18.1 Å². The molecule has 0 bridgehead atoms. The monoisotopic (exact) mass is 340 g/mol. The van der Waals surface area contributed by atoms with Crippen LogP contribution >= 0.6 is 36.7 Å². The summed E-state index contributed by atoms with van der Waals surface area (Å²) in [6.45, 7) is 0. The molecule has 0 saturated carbocycles. The van der Waals surface area contributed by atoms with Crippen LogP contribution in [0, 0.1) is 10.1 Å². The number of nitro groups is 1. The summed E-state index contributed by atoms with van der Waals surface area (Å²) in [4.78, 5) is 10.6. The highest BCUT2D eigenvalue weighted by Crippen LogP contribution is 2.39. The van der Waals surface area contributed by atoms with Gasteiger partial charge in [-0.2, -0.15) is 13.2 Å². The van der Waals surface area contributed by atoms with Gasteiger partial charge in [0.15, 0.2) is 0 Å². The summed E-state index contributed by atoms with van der Waals surface area (Å²) in [5, 5.41) is 11.8. The van der Waals surface area contributed by atoms with Gasteiger partial charge in [0.1, 0.15) is 11.3 Å². The van der Waals surface area contributed by atoms with Crippen LogP contribution in [0.5, 0.6) is 0 Å². The van der Waals surface area contributed by atoms with Crippen molar-refractivity contribution in [1.29, 1.82) is 0 Å². The highest BCUT2D eigenvalue weighted by molar-refractivity contribution is 7.90. The molecule has 1 aliphatic carbocycles. The summed E-state index contributed by atoms with van der Waals surface area (Å²) >= 11 is 14.3. The molecule has 0 heterocycles. The average Bonchev–Trinajstić information content (AvgIpc) is 2.29. The quantitative estimate of drug-likeness (QED) is 0.447. The second-order valence-corrected chi connectivity index (χ2v) is 4.96. The lowest BCUT2D eigenvalue weighted by atomic mass is 9.92. The molecule has 0 saturated heterocycles. The third-order valence-electron chi connectivity index (χ3n) is 2.43. The minimum Gasteiger partial charge on any atom is -0.371 e. The summed E-state index contributed by atoms with van der Waals surface area (Å²) in [5.74, 6) is 0. The van der Waals surface area contributed by atoms with Gasteiger partial charge in [-0.15, -0.1) is 0 Å². The maximum absolute atomic E-state index is 13.1. The molecule has 0 spiro atoms. The first-order chi connectivity index (χ1) is 9.03. The fourth-order valence-electron chi connectivity index (χ4n) is 1.69. The lowest BCUT2D eigenvalue weighted by Crippen LogP contribution is -2.37. The van der Waals surface area contributed by atoms with Crippen molar-refractivity contribution in [2.24, 2.45) is 0 Å². The largest absolute Gasteiger partial charge is 0.423 e. The van der Waals surface area contributed by atoms with Crippen LogP contribution in [0.2, 0.25) is 0 Å². The summed E-state index contributed by atoms with van der Waals surface area (Å²) in [6.07, 6.45) is -4.96. The van der Waals surface area contributed by atoms with E-state index in [2.05, 4.69) is 12.2 Å². The molecule has 0 aromatic carbocycles. The van der Waals surface area contributed by atoms with Gasteiger partial charge in [-0.25, -0.2) is 0 Å². The Kier molecular flexibility index (Phi) is 4.72. The molecule has 0 aromatic rings. The molecule has 1 rings (SSSR count). The normalized spacial score (nSPS) is 16.6. The number of allylic oxidation sites excluding steroid dienone is 3. The van der Waals surface area contributed by atoms with E-state index in [1.165, 1.54) is 14.1 Å². The van der Waals surface area contributed by atoms with Gasteiger partial charge in [-0.3, -0.25) is 10.1 Å². The number of rotatable bonds is 3. The predicted molar refractivity (Wildman–Crippen MR) is 79.6 cm³/mol. The van der Waals surface area contributed by atoms with Crippen LogP contribution < -0.4 is 0 Å². The maximum atomic E-state index is 13.1. The number of hydrogen-bond donors (Lipinski definition) is 0. The first-order valence-electron chi connectivity index (χ1n) is 4.96. The molecule has 0 amide bonds. The Hall–Kier alpha value is -1.26. The molecule has 0 unspecified atom stereocenters. The van der Waals surface area contributed by atoms with Crippen molar-refractivity contribution >= 4 is 51.8 Å². The molecule has 0 atom stereocenters. The van der Waals surface area contributed by atoms with Gasteiger partial charge < -0.3 is 4.90 Å². The van der Waals surface area contributed by atoms with Crippen molar-refractivity contribution in [3.8, 4) is 0 Å². The standard InChI is InChI=1S/C10H7F3N2O2S3/c1-14(2)7-6(15(16)17)5(10(11,12)13)4(3-18)8(19)9(7)20/h3H,1-2H3. The smallest absolute Gasteiger partial charge is 0.371 e. The number of nitrogens with zero attached hydrogens (tertiary/aromatic N) is 2. The van der Waals surface area contributed by atoms with Crippen LogP contribution in [0.25, 0.3) is 0 Å². The number of hydrogen-bond acceptors (Lipinski definition) is 6. The highest BCUT2D eigenvalue weighted by atomic mass is 32.1. The predicted octanol–water partition coefficient (Wildman–Crippen LogP) is 2.65. The molecule has 108 valence electrons. The Morgan fingerprint density at radius 1 is 1.25 bits per heavy atom. The second kappa shape index (κ2) is 5.62. The fourth-order valence-corrected chi connectivity index (χ4v) is 2.65. The molecule has 0 aromatic heterocycles. The third kappa shape index (κ3) is 2.76. The molecule has 0 aliphatic heterocycles. The minimum absolute atomic E-state index is 0.194. The Labute approximate surface area is 128 Å². The van der Waals surface area contributed by atoms with E-state index >= 15 is 0 Å². The molecular weight excluding hydrogens is 333 g/mol. The minimum atomic E-state index is -4.96. The van der Waals surface area contributed by atoms with E-state index in [-0.39, 0.29) is 15.4 Å². The summed E-state index contributed by atoms with van der Waals surface area (Å²) in [5.41, 5.74) is -3.54. The van der Waals surface area contributed by atoms with E-state index in [1.807, 2.05) is 0 Å². The van der Waals surface area contributed by atoms with Gasteiger partial charge >= 0.3 is 11.9 Å². The first kappa shape index (κ1) is 16.8. The Bertz CT molecular complexity index is 591. The zero-order valence-corrected chi connectivity index (χ0v) is 12.6. The third-order valence-corrected chi connectivity index (χ3v) is 3.61. The number of thiocarbonyl (C=S) groups is 3. The van der Waals surface area contributed by atoms with Gasteiger partial charge in [0.25, 0.3) is 0 Å². The highest BCUT2D eigenvalue weighted by Gasteiger charge is 2.50. The van der Waals surface area contributed by atoms with Gasteiger partial charge in [0.05, 0.1) is 14.7 Å². The number of halogens is 3. The molecule has 10 heteroatoms. The first-order valence-corrected chi connectivity index (χ1v) is 6.24. The Morgan fingerprint density at radius 3 is 2.05 bits per heavy atom. The van der Waals surface area contributed by atoms with Crippen molar-refractivity contribution in [3.63, 3.8) is 0 Å². The van der Waals surface area contributed by atoms with Crippen LogP contribution in [-0.4, -0.2) is 45.2 Å². The van der Waals surface area contributed by atoms with Gasteiger partial charge in [-0.1, -0.05) is 36.7 Å². The number of alkyl halides is 3. The zero-order valence-electron chi connectivity index (χ0n) is 10.1. The maximum Gasteiger partial charge on any atom is 0.423 e. The molecular formula is C10H7F3N2O2S3. The second-order valence-electron chi connectivity index (χ2n) is 3.91. The van der Waals surface area contributed by atoms with Crippen molar-refractivity contribution in [2.75, 3.05) is 14.1 Å². The summed E-state index contributed by atoms with van der Waals surface area (Å²) in [7, 11) is 2.70. The van der Waals surface area contributed by atoms with Gasteiger partial charge in [0, 0.05) is 25.0 Å². The van der Waals surface area contributed by atoms with Crippen molar-refractivity contribution in [3.05, 3.63) is 32.7 Å². The van der Waals surface area contributed by atoms with Gasteiger partial charge in [-0.05, 0) is 0 Å². The van der Waals surface area contributed by atoms with E-state index < -0.39 is 27.9 Å². The molecule has 0 fully saturated rings. The van der Waals surface area contributed by atoms with Crippen molar-refractivity contribution in [1.82, 2.24) is 4.90 Å². The van der Waals surface area contributed by atoms with E-state index in [1.54, 1.807) is 0 Å². The van der Waals surface area contributed by atoms with Crippen LogP contribution in [0.4, 0.5) is 13.2 Å². The molecule has 20 heavy (non-hydrogen) atoms. The Morgan fingerprint density at radius 2 is 1.75 bits per heavy atom. The van der Waals surface area contributed by atoms with E-state index in [0.29, 0.717) is 5.37 Å². The van der Waals surface area contributed by atoms with Crippen LogP contribution in [0.1, 0.15) is 0 Å². The topological polar surface area (TPSA) is 46.4 Å². The zero-order chi connectivity index (χ0) is 15.8. The molecule has 1 aliphatic rings. The van der Waals surface area contributed by atoms with E-state index in [9.17, 15) is 23.3 Å². The lowest BCUT2D eigenvalue weighted by Gasteiger charge is -2.26. The Balaban J connectivity index is 3.90. The summed E-state index contributed by atoms with van der Waals surface area (Å²) in [6, 6.07) is 0. The van der Waals surface area contributed by atoms with E-state index in [0.717, 1.165) is 4.90 Å². The van der Waals surface area contributed by atoms with E-state index in [4.69, 9.17) is 24.4 Å². The molecule has 0 N–H and O–H groups in total. The van der Waals surface area contributed by atoms with Crippen molar-refractivity contribution in [2.45, 2.75) is 6.18 Å². The van der Waals surface area contributed by atoms with Crippen LogP contribution in [0.15, 0.2) is 22.5 Å². The summed E-state index contributed by atoms with van der Waals surface area (Å²) < 4.78 is 39.4. The molecule has 0 radical (unpaired) electrons. The SMILES string of the molecule is CN(C)C1=C([N+](=O)[O-])C(C(F)(F)F)=C(C=S)C(=S)C1=S. The molecule has 4 nitrogen and oxygen atoms in total. The average molecular weight is 340 g/mol. The lowest BCUT2D eigenvalue weighted by molar-refractivity contribution is -0.425. The van der Waals surface area contributed by atoms with Crippen LogP contribution in [-0.2, 0) is 0 Å². The fraction of sp³-hybridized carbons (Fsp3) is 0.300. The van der Waals surface area contributed by atoms with Gasteiger partial charge in [0.2, 0.25) is 0 Å².